The van der Waals surface area contributed by atoms with Crippen LogP contribution in [0.4, 0.5) is 0 Å². The molecule has 0 radical (unpaired) electrons. The summed E-state index contributed by atoms with van der Waals surface area (Å²) in [5, 5.41) is 17.9. The minimum Gasteiger partial charge on any atom is -0.461 e. The van der Waals surface area contributed by atoms with Crippen LogP contribution < -0.4 is 0 Å². The molecule has 1 unspecified atom stereocenters. The normalized spacial score (nSPS) is 16.2. The summed E-state index contributed by atoms with van der Waals surface area (Å²) < 4.78 is 12.0. The fourth-order valence-corrected chi connectivity index (χ4v) is 2.12. The van der Waals surface area contributed by atoms with E-state index in [-0.39, 0.29) is 30.9 Å². The van der Waals surface area contributed by atoms with Crippen LogP contribution in [0.1, 0.15) is 55.7 Å². The van der Waals surface area contributed by atoms with Gasteiger partial charge < -0.3 is 14.6 Å². The first-order valence-corrected chi connectivity index (χ1v) is 7.43. The van der Waals surface area contributed by atoms with E-state index in [9.17, 15) is 9.90 Å². The van der Waals surface area contributed by atoms with Gasteiger partial charge in [-0.25, -0.2) is 9.48 Å². The van der Waals surface area contributed by atoms with E-state index in [2.05, 4.69) is 10.3 Å². The maximum Gasteiger partial charge on any atom is 0.360 e. The Morgan fingerprint density at radius 2 is 2.19 bits per heavy atom. The Balaban J connectivity index is 2.07. The summed E-state index contributed by atoms with van der Waals surface area (Å²) in [6, 6.07) is 0. The number of aliphatic hydroxyl groups excluding tert-OH is 1. The van der Waals surface area contributed by atoms with Crippen molar-refractivity contribution in [1.82, 2.24) is 15.0 Å². The molecule has 2 rings (SSSR count). The molecule has 0 saturated heterocycles. The van der Waals surface area contributed by atoms with Crippen molar-refractivity contribution in [3.05, 3.63) is 11.4 Å². The molecule has 1 fully saturated rings. The molecule has 1 N–H and O–H groups in total. The second-order valence-electron chi connectivity index (χ2n) is 5.54. The van der Waals surface area contributed by atoms with Gasteiger partial charge in [0.2, 0.25) is 0 Å². The van der Waals surface area contributed by atoms with Gasteiger partial charge in [-0.2, -0.15) is 0 Å². The Morgan fingerprint density at radius 3 is 2.76 bits per heavy atom. The predicted molar refractivity (Wildman–Crippen MR) is 75.0 cm³/mol. The number of carbonyl (C=O) groups is 1. The molecular formula is C14H23N3O4. The highest BCUT2D eigenvalue weighted by molar-refractivity contribution is 5.88. The molecule has 7 heteroatoms. The highest BCUT2D eigenvalue weighted by atomic mass is 16.5. The van der Waals surface area contributed by atoms with Crippen molar-refractivity contribution in [2.24, 2.45) is 0 Å². The van der Waals surface area contributed by atoms with E-state index in [0.717, 1.165) is 18.5 Å². The highest BCUT2D eigenvalue weighted by Gasteiger charge is 2.34. The summed E-state index contributed by atoms with van der Waals surface area (Å²) in [5.41, 5.74) is 1.05. The molecule has 1 atom stereocenters. The molecule has 118 valence electrons. The van der Waals surface area contributed by atoms with E-state index in [1.165, 1.54) is 0 Å². The third kappa shape index (κ3) is 4.25. The molecule has 1 aliphatic carbocycles. The minimum absolute atomic E-state index is 0.0633. The van der Waals surface area contributed by atoms with Crippen molar-refractivity contribution >= 4 is 5.97 Å². The monoisotopic (exact) mass is 297 g/mol. The number of aliphatic hydroxyl groups is 1. The van der Waals surface area contributed by atoms with Crippen LogP contribution in [0.3, 0.4) is 0 Å². The zero-order chi connectivity index (χ0) is 15.4. The van der Waals surface area contributed by atoms with Crippen molar-refractivity contribution in [1.29, 1.82) is 0 Å². The summed E-state index contributed by atoms with van der Waals surface area (Å²) in [6.45, 7) is 6.39. The molecule has 1 aromatic heterocycles. The quantitative estimate of drug-likeness (QED) is 0.724. The fraction of sp³-hybridized carbons (Fsp3) is 0.786. The van der Waals surface area contributed by atoms with Gasteiger partial charge in [-0.1, -0.05) is 5.21 Å². The molecule has 0 aliphatic heterocycles. The first-order chi connectivity index (χ1) is 10.0. The summed E-state index contributed by atoms with van der Waals surface area (Å²) >= 11 is 0. The van der Waals surface area contributed by atoms with Crippen molar-refractivity contribution in [2.75, 3.05) is 13.2 Å². The van der Waals surface area contributed by atoms with E-state index in [0.29, 0.717) is 6.61 Å². The molecule has 0 spiro atoms. The van der Waals surface area contributed by atoms with Crippen LogP contribution in [0.15, 0.2) is 0 Å². The number of hydrogen-bond donors (Lipinski definition) is 1. The van der Waals surface area contributed by atoms with E-state index < -0.39 is 12.1 Å². The standard InChI is InChI=1S/C14H23N3O4/c1-4-20-14(19)12-13(10-5-6-10)17(16-15-12)7-11(18)8-21-9(2)3/h9-11,18H,4-8H2,1-3H3. The van der Waals surface area contributed by atoms with Crippen LogP contribution in [0.25, 0.3) is 0 Å². The van der Waals surface area contributed by atoms with Gasteiger partial charge >= 0.3 is 5.97 Å². The summed E-state index contributed by atoms with van der Waals surface area (Å²) in [4.78, 5) is 11.9. The number of hydrogen-bond acceptors (Lipinski definition) is 6. The molecule has 1 saturated carbocycles. The Morgan fingerprint density at radius 1 is 1.48 bits per heavy atom. The van der Waals surface area contributed by atoms with Crippen LogP contribution in [-0.4, -0.2) is 51.5 Å². The minimum atomic E-state index is -0.679. The SMILES string of the molecule is CCOC(=O)c1nnn(CC(O)COC(C)C)c1C1CC1. The van der Waals surface area contributed by atoms with Gasteiger partial charge in [0.05, 0.1) is 37.7 Å². The summed E-state index contributed by atoms with van der Waals surface area (Å²) in [7, 11) is 0. The van der Waals surface area contributed by atoms with Crippen molar-refractivity contribution in [3.63, 3.8) is 0 Å². The van der Waals surface area contributed by atoms with Gasteiger partial charge in [0.15, 0.2) is 5.69 Å². The van der Waals surface area contributed by atoms with E-state index >= 15 is 0 Å². The lowest BCUT2D eigenvalue weighted by atomic mass is 10.2. The third-order valence-electron chi connectivity index (χ3n) is 3.21. The number of esters is 1. The van der Waals surface area contributed by atoms with Gasteiger partial charge in [-0.05, 0) is 33.6 Å². The molecule has 21 heavy (non-hydrogen) atoms. The molecule has 1 aliphatic rings. The van der Waals surface area contributed by atoms with Crippen LogP contribution in [0.2, 0.25) is 0 Å². The lowest BCUT2D eigenvalue weighted by Crippen LogP contribution is -2.25. The number of ether oxygens (including phenoxy) is 2. The Hall–Kier alpha value is -1.47. The third-order valence-corrected chi connectivity index (χ3v) is 3.21. The molecule has 7 nitrogen and oxygen atoms in total. The summed E-state index contributed by atoms with van der Waals surface area (Å²) in [6.07, 6.45) is 1.41. The number of aromatic nitrogens is 3. The molecule has 0 bridgehead atoms. The lowest BCUT2D eigenvalue weighted by molar-refractivity contribution is -0.00252. The first-order valence-electron chi connectivity index (χ1n) is 7.43. The zero-order valence-electron chi connectivity index (χ0n) is 12.8. The smallest absolute Gasteiger partial charge is 0.360 e. The second-order valence-corrected chi connectivity index (χ2v) is 5.54. The summed E-state index contributed by atoms with van der Waals surface area (Å²) in [5.74, 6) is -0.156. The Labute approximate surface area is 124 Å². The van der Waals surface area contributed by atoms with Gasteiger partial charge in [0.1, 0.15) is 0 Å². The molecule has 1 aromatic rings. The van der Waals surface area contributed by atoms with Crippen LogP contribution >= 0.6 is 0 Å². The molecule has 1 heterocycles. The van der Waals surface area contributed by atoms with E-state index in [1.807, 2.05) is 13.8 Å². The average molecular weight is 297 g/mol. The van der Waals surface area contributed by atoms with Gasteiger partial charge in [0, 0.05) is 5.92 Å². The fourth-order valence-electron chi connectivity index (χ4n) is 2.12. The maximum atomic E-state index is 11.9. The zero-order valence-corrected chi connectivity index (χ0v) is 12.8. The molecular weight excluding hydrogens is 274 g/mol. The second kappa shape index (κ2) is 7.00. The Bertz CT molecular complexity index is 483. The number of nitrogens with zero attached hydrogens (tertiary/aromatic N) is 3. The van der Waals surface area contributed by atoms with Gasteiger partial charge in [0.25, 0.3) is 0 Å². The van der Waals surface area contributed by atoms with E-state index in [4.69, 9.17) is 9.47 Å². The Kier molecular flexibility index (Phi) is 5.30. The topological polar surface area (TPSA) is 86.5 Å². The van der Waals surface area contributed by atoms with Crippen molar-refractivity contribution < 1.29 is 19.4 Å². The average Bonchev–Trinajstić information content (AvgIpc) is 3.18. The number of rotatable bonds is 8. The van der Waals surface area contributed by atoms with E-state index in [1.54, 1.807) is 11.6 Å². The maximum absolute atomic E-state index is 11.9. The van der Waals surface area contributed by atoms with Crippen molar-refractivity contribution in [2.45, 2.75) is 58.3 Å². The van der Waals surface area contributed by atoms with Gasteiger partial charge in [-0.15, -0.1) is 5.10 Å². The number of carbonyl (C=O) groups excluding carboxylic acids is 1. The van der Waals surface area contributed by atoms with Crippen LogP contribution in [0, 0.1) is 0 Å². The predicted octanol–water partition coefficient (Wildman–Crippen LogP) is 1.12. The molecule has 0 amide bonds. The van der Waals surface area contributed by atoms with Crippen molar-refractivity contribution in [3.8, 4) is 0 Å². The highest BCUT2D eigenvalue weighted by Crippen LogP contribution is 2.41. The van der Waals surface area contributed by atoms with Crippen LogP contribution in [-0.2, 0) is 16.0 Å². The largest absolute Gasteiger partial charge is 0.461 e. The van der Waals surface area contributed by atoms with Crippen LogP contribution in [0.5, 0.6) is 0 Å². The first kappa shape index (κ1) is 15.9. The van der Waals surface area contributed by atoms with Gasteiger partial charge in [-0.3, -0.25) is 0 Å². The lowest BCUT2D eigenvalue weighted by Gasteiger charge is -2.14. The molecule has 0 aromatic carbocycles.